The molecular formula is C13H14ClN5O5S2. The van der Waals surface area contributed by atoms with Crippen molar-refractivity contribution in [2.75, 3.05) is 18.6 Å². The predicted molar refractivity (Wildman–Crippen MR) is 98.1 cm³/mol. The van der Waals surface area contributed by atoms with Gasteiger partial charge in [0.05, 0.1) is 0 Å². The van der Waals surface area contributed by atoms with Crippen LogP contribution in [0.2, 0.25) is 0 Å². The van der Waals surface area contributed by atoms with Gasteiger partial charge in [-0.2, -0.15) is 0 Å². The molecule has 0 bridgehead atoms. The molecular weight excluding hydrogens is 406 g/mol. The van der Waals surface area contributed by atoms with Crippen LogP contribution < -0.4 is 11.1 Å². The van der Waals surface area contributed by atoms with Gasteiger partial charge in [0.25, 0.3) is 11.8 Å². The molecule has 0 spiro atoms. The number of thiazole rings is 1. The number of nitrogen functional groups attached to an aromatic ring is 1. The molecule has 4 N–H and O–H groups in total. The molecule has 1 fully saturated rings. The number of aromatic nitrogens is 1. The monoisotopic (exact) mass is 419 g/mol. The summed E-state index contributed by atoms with van der Waals surface area (Å²) in [4.78, 5) is 45.7. The Balaban J connectivity index is 0.00000243. The molecule has 0 aromatic carbocycles. The molecule has 26 heavy (non-hydrogen) atoms. The summed E-state index contributed by atoms with van der Waals surface area (Å²) in [6, 6.07) is -0.849. The number of hydrogen-bond acceptors (Lipinski definition) is 9. The third kappa shape index (κ3) is 3.48. The maximum atomic E-state index is 12.5. The van der Waals surface area contributed by atoms with Gasteiger partial charge in [0.2, 0.25) is 0 Å². The van der Waals surface area contributed by atoms with E-state index in [1.54, 1.807) is 5.38 Å². The molecule has 1 unspecified atom stereocenters. The van der Waals surface area contributed by atoms with Crippen LogP contribution in [0, 0.1) is 0 Å². The average Bonchev–Trinajstić information content (AvgIpc) is 3.02. The van der Waals surface area contributed by atoms with E-state index in [0.29, 0.717) is 5.75 Å². The Kier molecular flexibility index (Phi) is 6.10. The summed E-state index contributed by atoms with van der Waals surface area (Å²) in [6.45, 7) is 0. The third-order valence-electron chi connectivity index (χ3n) is 3.51. The second-order valence-electron chi connectivity index (χ2n) is 4.97. The number of nitrogens with one attached hydrogen (secondary N) is 1. The Bertz CT molecular complexity index is 811. The number of β-lactam (4-membered cyclic amide) rings is 1. The van der Waals surface area contributed by atoms with E-state index in [-0.39, 0.29) is 34.6 Å². The molecule has 2 aliphatic heterocycles. The van der Waals surface area contributed by atoms with Gasteiger partial charge < -0.3 is 21.0 Å². The fraction of sp³-hybridized carbons (Fsp3) is 0.308. The number of hydrogen-bond donors (Lipinski definition) is 3. The van der Waals surface area contributed by atoms with Gasteiger partial charge in [-0.3, -0.25) is 14.5 Å². The number of carbonyl (C=O) groups excluding carboxylic acids is 2. The summed E-state index contributed by atoms with van der Waals surface area (Å²) in [7, 11) is 1.28. The number of carbonyl (C=O) groups is 3. The van der Waals surface area contributed by atoms with E-state index in [4.69, 9.17) is 10.8 Å². The summed E-state index contributed by atoms with van der Waals surface area (Å²) in [5.74, 6) is -1.89. The summed E-state index contributed by atoms with van der Waals surface area (Å²) >= 11 is 2.49. The zero-order valence-electron chi connectivity index (χ0n) is 13.2. The zero-order valence-corrected chi connectivity index (χ0v) is 15.7. The van der Waals surface area contributed by atoms with Gasteiger partial charge >= 0.3 is 5.97 Å². The summed E-state index contributed by atoms with van der Waals surface area (Å²) in [5, 5.41) is 16.7. The normalized spacial score (nSPS) is 21.7. The van der Waals surface area contributed by atoms with Crippen LogP contribution in [-0.4, -0.2) is 62.8 Å². The minimum Gasteiger partial charge on any atom is -0.477 e. The topological polar surface area (TPSA) is 147 Å². The lowest BCUT2D eigenvalue weighted by Gasteiger charge is -2.48. The SMILES string of the molecule is CON=C(C(=O)NC1C(=O)N2C(C(=O)O)=CCS[C@H]12)c1csc(N)n1.Cl. The number of halogens is 1. The minimum atomic E-state index is -1.18. The van der Waals surface area contributed by atoms with E-state index >= 15 is 0 Å². The van der Waals surface area contributed by atoms with Crippen LogP contribution in [0.15, 0.2) is 22.3 Å². The Morgan fingerprint density at radius 2 is 2.27 bits per heavy atom. The molecule has 2 amide bonds. The van der Waals surface area contributed by atoms with Crippen LogP contribution in [0.5, 0.6) is 0 Å². The number of aliphatic carboxylic acids is 1. The highest BCUT2D eigenvalue weighted by Crippen LogP contribution is 2.37. The van der Waals surface area contributed by atoms with Crippen LogP contribution in [0.3, 0.4) is 0 Å². The summed E-state index contributed by atoms with van der Waals surface area (Å²) < 4.78 is 0. The van der Waals surface area contributed by atoms with Crippen molar-refractivity contribution >= 4 is 64.1 Å². The second kappa shape index (κ2) is 7.93. The van der Waals surface area contributed by atoms with Crippen LogP contribution in [0.25, 0.3) is 0 Å². The summed E-state index contributed by atoms with van der Waals surface area (Å²) in [5.41, 5.74) is 5.60. The van der Waals surface area contributed by atoms with Gasteiger partial charge in [0.15, 0.2) is 10.8 Å². The van der Waals surface area contributed by atoms with Gasteiger partial charge in [-0.25, -0.2) is 9.78 Å². The highest BCUT2D eigenvalue weighted by atomic mass is 35.5. The third-order valence-corrected chi connectivity index (χ3v) is 5.37. The molecule has 1 saturated heterocycles. The van der Waals surface area contributed by atoms with E-state index in [1.165, 1.54) is 24.9 Å². The van der Waals surface area contributed by atoms with Crippen molar-refractivity contribution < 1.29 is 24.3 Å². The molecule has 140 valence electrons. The molecule has 0 saturated carbocycles. The van der Waals surface area contributed by atoms with Crippen molar-refractivity contribution in [2.45, 2.75) is 11.4 Å². The minimum absolute atomic E-state index is 0. The van der Waals surface area contributed by atoms with E-state index in [1.807, 2.05) is 0 Å². The quantitative estimate of drug-likeness (QED) is 0.339. The molecule has 13 heteroatoms. The van der Waals surface area contributed by atoms with Crippen molar-refractivity contribution in [3.8, 4) is 0 Å². The van der Waals surface area contributed by atoms with Crippen molar-refractivity contribution in [3.05, 3.63) is 22.8 Å². The fourth-order valence-corrected chi connectivity index (χ4v) is 4.18. The zero-order chi connectivity index (χ0) is 18.1. The second-order valence-corrected chi connectivity index (χ2v) is 7.01. The number of oxime groups is 1. The Hall–Kier alpha value is -2.31. The Morgan fingerprint density at radius 3 is 2.85 bits per heavy atom. The van der Waals surface area contributed by atoms with E-state index in [0.717, 1.165) is 16.2 Å². The number of carboxylic acids is 1. The van der Waals surface area contributed by atoms with Gasteiger partial charge in [-0.05, 0) is 6.08 Å². The van der Waals surface area contributed by atoms with Gasteiger partial charge in [0.1, 0.15) is 29.9 Å². The molecule has 0 radical (unpaired) electrons. The van der Waals surface area contributed by atoms with Crippen LogP contribution in [0.1, 0.15) is 5.69 Å². The highest BCUT2D eigenvalue weighted by Gasteiger charge is 2.53. The van der Waals surface area contributed by atoms with Crippen molar-refractivity contribution in [1.29, 1.82) is 0 Å². The lowest BCUT2D eigenvalue weighted by Crippen LogP contribution is -2.70. The molecule has 1 aromatic heterocycles. The number of nitrogens with zero attached hydrogens (tertiary/aromatic N) is 3. The van der Waals surface area contributed by atoms with Crippen LogP contribution >= 0.6 is 35.5 Å². The van der Waals surface area contributed by atoms with Gasteiger partial charge in [0, 0.05) is 11.1 Å². The molecule has 10 nitrogen and oxygen atoms in total. The first-order chi connectivity index (χ1) is 11.9. The largest absolute Gasteiger partial charge is 0.477 e. The lowest BCUT2D eigenvalue weighted by atomic mass is 10.0. The molecule has 3 rings (SSSR count). The number of rotatable bonds is 5. The van der Waals surface area contributed by atoms with E-state index in [2.05, 4.69) is 20.3 Å². The number of carboxylic acid groups (broad SMARTS) is 1. The van der Waals surface area contributed by atoms with Gasteiger partial charge in [-0.1, -0.05) is 5.16 Å². The molecule has 2 aliphatic rings. The first-order valence-electron chi connectivity index (χ1n) is 6.95. The molecule has 1 aromatic rings. The molecule has 3 heterocycles. The lowest BCUT2D eigenvalue weighted by molar-refractivity contribution is -0.150. The number of anilines is 1. The van der Waals surface area contributed by atoms with Crippen molar-refractivity contribution in [2.24, 2.45) is 5.16 Å². The number of fused-ring (bicyclic) bond motifs is 1. The van der Waals surface area contributed by atoms with Crippen LogP contribution in [0.4, 0.5) is 5.13 Å². The first-order valence-corrected chi connectivity index (χ1v) is 8.88. The van der Waals surface area contributed by atoms with Crippen LogP contribution in [-0.2, 0) is 19.2 Å². The Morgan fingerprint density at radius 1 is 1.54 bits per heavy atom. The highest BCUT2D eigenvalue weighted by molar-refractivity contribution is 8.00. The number of amides is 2. The van der Waals surface area contributed by atoms with E-state index < -0.39 is 29.2 Å². The molecule has 0 aliphatic carbocycles. The molecule has 2 atom stereocenters. The average molecular weight is 420 g/mol. The maximum absolute atomic E-state index is 12.5. The first kappa shape index (κ1) is 20.0. The number of thioether (sulfide) groups is 1. The standard InChI is InChI=1S/C13H13N5O5S2.ClH/c1-23-17-7(5-4-25-13(14)15-5)9(19)16-8-10(20)18-6(12(21)22)2-3-24-11(8)18;/h2,4,8,11H,3H2,1H3,(H2,14,15)(H,16,19)(H,21,22);1H/t8?,11-;/m1./s1. The summed E-state index contributed by atoms with van der Waals surface area (Å²) in [6.07, 6.45) is 1.47. The predicted octanol–water partition coefficient (Wildman–Crippen LogP) is -0.134. The van der Waals surface area contributed by atoms with Crippen molar-refractivity contribution in [3.63, 3.8) is 0 Å². The number of nitrogens with two attached hydrogens (primary N) is 1. The smallest absolute Gasteiger partial charge is 0.352 e. The fourth-order valence-electron chi connectivity index (χ4n) is 2.44. The van der Waals surface area contributed by atoms with Crippen molar-refractivity contribution in [1.82, 2.24) is 15.2 Å². The van der Waals surface area contributed by atoms with E-state index in [9.17, 15) is 14.4 Å². The maximum Gasteiger partial charge on any atom is 0.352 e. The van der Waals surface area contributed by atoms with Gasteiger partial charge in [-0.15, -0.1) is 35.5 Å². The Labute approximate surface area is 161 Å².